The Bertz CT molecular complexity index is 1040. The fourth-order valence-corrected chi connectivity index (χ4v) is 2.72. The molecule has 29 heavy (non-hydrogen) atoms. The number of nitrogens with one attached hydrogen (secondary N) is 1. The van der Waals surface area contributed by atoms with Gasteiger partial charge in [0.1, 0.15) is 5.75 Å². The van der Waals surface area contributed by atoms with Gasteiger partial charge in [-0.3, -0.25) is 9.59 Å². The van der Waals surface area contributed by atoms with Crippen LogP contribution in [0.1, 0.15) is 24.2 Å². The van der Waals surface area contributed by atoms with Crippen LogP contribution in [0.25, 0.3) is 10.8 Å². The molecular weight excluding hydrogens is 370 g/mol. The van der Waals surface area contributed by atoms with E-state index in [1.165, 1.54) is 13.8 Å². The minimum atomic E-state index is -0.974. The fraction of sp³-hybridized carbons (Fsp3) is 0.174. The van der Waals surface area contributed by atoms with E-state index in [9.17, 15) is 14.4 Å². The quantitative estimate of drug-likeness (QED) is 0.486. The lowest BCUT2D eigenvalue weighted by Gasteiger charge is -2.14. The van der Waals surface area contributed by atoms with E-state index < -0.39 is 18.0 Å². The number of benzene rings is 3. The molecule has 0 bridgehead atoms. The first-order chi connectivity index (χ1) is 13.9. The van der Waals surface area contributed by atoms with Crippen LogP contribution in [-0.4, -0.2) is 30.4 Å². The van der Waals surface area contributed by atoms with E-state index >= 15 is 0 Å². The average Bonchev–Trinajstić information content (AvgIpc) is 2.72. The molecule has 0 radical (unpaired) electrons. The van der Waals surface area contributed by atoms with Gasteiger partial charge in [0.15, 0.2) is 18.5 Å². The van der Waals surface area contributed by atoms with Crippen molar-refractivity contribution in [2.45, 2.75) is 20.0 Å². The zero-order valence-electron chi connectivity index (χ0n) is 16.2. The van der Waals surface area contributed by atoms with E-state index in [0.29, 0.717) is 17.0 Å². The summed E-state index contributed by atoms with van der Waals surface area (Å²) in [4.78, 5) is 35.5. The second-order valence-electron chi connectivity index (χ2n) is 6.55. The molecule has 0 heterocycles. The van der Waals surface area contributed by atoms with Crippen LogP contribution < -0.4 is 10.1 Å². The van der Waals surface area contributed by atoms with Crippen molar-refractivity contribution >= 4 is 34.1 Å². The Labute approximate surface area is 168 Å². The number of hydrogen-bond acceptors (Lipinski definition) is 5. The Morgan fingerprint density at radius 3 is 2.31 bits per heavy atom. The van der Waals surface area contributed by atoms with Crippen LogP contribution >= 0.6 is 0 Å². The monoisotopic (exact) mass is 391 g/mol. The SMILES string of the molecule is CC(=O)c1ccc(OCC(=O)O[C@@H](C)C(=O)Nc2ccc3ccccc3c2)cc1. The van der Waals surface area contributed by atoms with Crippen LogP contribution in [0.15, 0.2) is 66.7 Å². The Morgan fingerprint density at radius 2 is 1.62 bits per heavy atom. The Kier molecular flexibility index (Phi) is 6.24. The van der Waals surface area contributed by atoms with Crippen LogP contribution in [0.5, 0.6) is 5.75 Å². The average molecular weight is 391 g/mol. The highest BCUT2D eigenvalue weighted by Crippen LogP contribution is 2.19. The number of esters is 1. The molecule has 0 fully saturated rings. The van der Waals surface area contributed by atoms with Crippen molar-refractivity contribution in [1.82, 2.24) is 0 Å². The third kappa shape index (κ3) is 5.42. The second kappa shape index (κ2) is 9.01. The number of ether oxygens (including phenoxy) is 2. The predicted octanol–water partition coefficient (Wildman–Crippen LogP) is 3.99. The van der Waals surface area contributed by atoms with E-state index in [1.54, 1.807) is 30.3 Å². The first-order valence-electron chi connectivity index (χ1n) is 9.15. The molecule has 1 atom stereocenters. The van der Waals surface area contributed by atoms with Crippen molar-refractivity contribution in [3.63, 3.8) is 0 Å². The molecule has 3 rings (SSSR count). The summed E-state index contributed by atoms with van der Waals surface area (Å²) in [6.45, 7) is 2.63. The summed E-state index contributed by atoms with van der Waals surface area (Å²) >= 11 is 0. The number of amides is 1. The molecule has 3 aromatic carbocycles. The lowest BCUT2D eigenvalue weighted by molar-refractivity contribution is -0.155. The van der Waals surface area contributed by atoms with Gasteiger partial charge in [0, 0.05) is 11.3 Å². The van der Waals surface area contributed by atoms with Crippen molar-refractivity contribution in [2.75, 3.05) is 11.9 Å². The van der Waals surface area contributed by atoms with Crippen molar-refractivity contribution < 1.29 is 23.9 Å². The summed E-state index contributed by atoms with van der Waals surface area (Å²) in [5, 5.41) is 4.81. The Balaban J connectivity index is 1.50. The van der Waals surface area contributed by atoms with Crippen LogP contribution in [0, 0.1) is 0 Å². The standard InChI is InChI=1S/C23H21NO5/c1-15(25)17-8-11-21(12-9-17)28-14-22(26)29-16(2)23(27)24-20-10-7-18-5-3-4-6-19(18)13-20/h3-13,16H,14H2,1-2H3,(H,24,27)/t16-/m0/s1. The summed E-state index contributed by atoms with van der Waals surface area (Å²) in [5.41, 5.74) is 1.18. The van der Waals surface area contributed by atoms with E-state index in [1.807, 2.05) is 36.4 Å². The maximum absolute atomic E-state index is 12.3. The number of carbonyl (C=O) groups is 3. The van der Waals surface area contributed by atoms with E-state index in [-0.39, 0.29) is 12.4 Å². The highest BCUT2D eigenvalue weighted by atomic mass is 16.6. The first kappa shape index (κ1) is 20.1. The molecule has 0 unspecified atom stereocenters. The van der Waals surface area contributed by atoms with Crippen LogP contribution in [0.4, 0.5) is 5.69 Å². The fourth-order valence-electron chi connectivity index (χ4n) is 2.72. The molecule has 6 nitrogen and oxygen atoms in total. The van der Waals surface area contributed by atoms with Gasteiger partial charge in [0.05, 0.1) is 0 Å². The highest BCUT2D eigenvalue weighted by Gasteiger charge is 2.18. The third-order valence-corrected chi connectivity index (χ3v) is 4.31. The zero-order valence-corrected chi connectivity index (χ0v) is 16.2. The largest absolute Gasteiger partial charge is 0.482 e. The van der Waals surface area contributed by atoms with Crippen molar-refractivity contribution in [3.8, 4) is 5.75 Å². The van der Waals surface area contributed by atoms with Crippen LogP contribution in [0.3, 0.4) is 0 Å². The minimum absolute atomic E-state index is 0.0535. The zero-order chi connectivity index (χ0) is 20.8. The van der Waals surface area contributed by atoms with Gasteiger partial charge in [-0.05, 0) is 61.0 Å². The van der Waals surface area contributed by atoms with E-state index in [0.717, 1.165) is 10.8 Å². The summed E-state index contributed by atoms with van der Waals surface area (Å²) in [6, 6.07) is 19.8. The molecule has 1 N–H and O–H groups in total. The number of carbonyl (C=O) groups excluding carboxylic acids is 3. The number of ketones is 1. The van der Waals surface area contributed by atoms with Crippen molar-refractivity contribution in [2.24, 2.45) is 0 Å². The molecule has 6 heteroatoms. The summed E-state index contributed by atoms with van der Waals surface area (Å²) < 4.78 is 10.5. The molecule has 0 aliphatic heterocycles. The van der Waals surface area contributed by atoms with Gasteiger partial charge >= 0.3 is 5.97 Å². The highest BCUT2D eigenvalue weighted by molar-refractivity contribution is 5.97. The van der Waals surface area contributed by atoms with Crippen molar-refractivity contribution in [3.05, 3.63) is 72.3 Å². The molecule has 148 valence electrons. The Morgan fingerprint density at radius 1 is 0.931 bits per heavy atom. The number of hydrogen-bond donors (Lipinski definition) is 1. The maximum Gasteiger partial charge on any atom is 0.344 e. The number of Topliss-reactive ketones (excluding diaryl/α,β-unsaturated/α-hetero) is 1. The van der Waals surface area contributed by atoms with Crippen molar-refractivity contribution in [1.29, 1.82) is 0 Å². The summed E-state index contributed by atoms with van der Waals surface area (Å²) in [7, 11) is 0. The molecule has 1 amide bonds. The number of anilines is 1. The lowest BCUT2D eigenvalue weighted by Crippen LogP contribution is -2.31. The molecule has 0 aliphatic carbocycles. The van der Waals surface area contributed by atoms with E-state index in [2.05, 4.69) is 5.32 Å². The molecule has 0 aliphatic rings. The first-order valence-corrected chi connectivity index (χ1v) is 9.15. The normalized spacial score (nSPS) is 11.5. The molecule has 3 aromatic rings. The molecule has 0 spiro atoms. The second-order valence-corrected chi connectivity index (χ2v) is 6.55. The van der Waals surface area contributed by atoms with E-state index in [4.69, 9.17) is 9.47 Å². The summed E-state index contributed by atoms with van der Waals surface area (Å²) in [5.74, 6) is -0.719. The van der Waals surface area contributed by atoms with Gasteiger partial charge in [-0.2, -0.15) is 0 Å². The lowest BCUT2D eigenvalue weighted by atomic mass is 10.1. The van der Waals surface area contributed by atoms with Crippen LogP contribution in [0.2, 0.25) is 0 Å². The maximum atomic E-state index is 12.3. The topological polar surface area (TPSA) is 81.7 Å². The molecule has 0 saturated carbocycles. The third-order valence-electron chi connectivity index (χ3n) is 4.31. The van der Waals surface area contributed by atoms with Gasteiger partial charge in [-0.15, -0.1) is 0 Å². The number of fused-ring (bicyclic) bond motifs is 1. The van der Waals surface area contributed by atoms with Gasteiger partial charge in [0.2, 0.25) is 0 Å². The molecular formula is C23H21NO5. The predicted molar refractivity (Wildman–Crippen MR) is 110 cm³/mol. The van der Waals surface area contributed by atoms with Gasteiger partial charge in [-0.1, -0.05) is 30.3 Å². The van der Waals surface area contributed by atoms with Gasteiger partial charge < -0.3 is 14.8 Å². The van der Waals surface area contributed by atoms with Crippen LogP contribution in [-0.2, 0) is 14.3 Å². The molecule has 0 saturated heterocycles. The smallest absolute Gasteiger partial charge is 0.344 e. The number of rotatable bonds is 7. The van der Waals surface area contributed by atoms with Gasteiger partial charge in [0.25, 0.3) is 5.91 Å². The molecule has 0 aromatic heterocycles. The Hall–Kier alpha value is -3.67. The van der Waals surface area contributed by atoms with Gasteiger partial charge in [-0.25, -0.2) is 4.79 Å². The minimum Gasteiger partial charge on any atom is -0.482 e. The summed E-state index contributed by atoms with van der Waals surface area (Å²) in [6.07, 6.45) is -0.974.